The van der Waals surface area contributed by atoms with Gasteiger partial charge in [0.05, 0.1) is 40.0 Å². The zero-order valence-corrected chi connectivity index (χ0v) is 28.1. The Labute approximate surface area is 290 Å². The third kappa shape index (κ3) is 7.18. The van der Waals surface area contributed by atoms with Gasteiger partial charge in [0.25, 0.3) is 11.2 Å². The van der Waals surface area contributed by atoms with Gasteiger partial charge in [-0.15, -0.1) is 0 Å². The maximum absolute atomic E-state index is 14.4. The number of fused-ring (bicyclic) bond motifs is 1. The number of nitro groups is 1. The van der Waals surface area contributed by atoms with Gasteiger partial charge < -0.3 is 14.2 Å². The molecule has 12 heteroatoms. The van der Waals surface area contributed by atoms with Crippen molar-refractivity contribution in [2.45, 2.75) is 26.5 Å². The molecule has 0 radical (unpaired) electrons. The van der Waals surface area contributed by atoms with Crippen molar-refractivity contribution in [3.8, 4) is 11.5 Å². The SMILES string of the molecule is CCOC(=O)C1=C(c2ccccc2)N=c2s/c(=C\c3cc(Cl)ccc3OCc3ccc([N+](=O)[O-])cc3)c(=O)n2[C@H]1c1ccc(OCC)cc1. The number of halogens is 1. The van der Waals surface area contributed by atoms with Crippen LogP contribution >= 0.6 is 22.9 Å². The first-order chi connectivity index (χ1) is 23.8. The highest BCUT2D eigenvalue weighted by atomic mass is 35.5. The summed E-state index contributed by atoms with van der Waals surface area (Å²) in [5.74, 6) is 0.537. The number of thiazole rings is 1. The fourth-order valence-electron chi connectivity index (χ4n) is 5.45. The molecule has 4 aromatic carbocycles. The van der Waals surface area contributed by atoms with E-state index in [2.05, 4.69) is 0 Å². The van der Waals surface area contributed by atoms with Gasteiger partial charge in [-0.25, -0.2) is 9.79 Å². The molecule has 0 saturated heterocycles. The molecule has 1 aliphatic rings. The van der Waals surface area contributed by atoms with E-state index in [0.29, 0.717) is 54.8 Å². The van der Waals surface area contributed by atoms with E-state index in [1.54, 1.807) is 55.5 Å². The third-order valence-electron chi connectivity index (χ3n) is 7.68. The summed E-state index contributed by atoms with van der Waals surface area (Å²) in [5.41, 5.74) is 2.93. The molecule has 1 aromatic heterocycles. The van der Waals surface area contributed by atoms with Crippen molar-refractivity contribution >= 4 is 46.4 Å². The van der Waals surface area contributed by atoms with Crippen LogP contribution in [-0.4, -0.2) is 28.7 Å². The third-order valence-corrected chi connectivity index (χ3v) is 8.90. The van der Waals surface area contributed by atoms with Crippen LogP contribution in [0.1, 0.15) is 42.1 Å². The van der Waals surface area contributed by atoms with Gasteiger partial charge in [-0.1, -0.05) is 65.4 Å². The number of hydrogen-bond acceptors (Lipinski definition) is 9. The summed E-state index contributed by atoms with van der Waals surface area (Å²) < 4.78 is 19.2. The van der Waals surface area contributed by atoms with Crippen LogP contribution in [0, 0.1) is 10.1 Å². The Balaban J connectivity index is 1.49. The molecule has 1 aliphatic heterocycles. The van der Waals surface area contributed by atoms with E-state index >= 15 is 0 Å². The molecule has 49 heavy (non-hydrogen) atoms. The van der Waals surface area contributed by atoms with E-state index in [0.717, 1.165) is 5.56 Å². The topological polar surface area (TPSA) is 122 Å². The zero-order chi connectivity index (χ0) is 34.5. The second-order valence-electron chi connectivity index (χ2n) is 10.8. The molecule has 0 spiro atoms. The van der Waals surface area contributed by atoms with Crippen molar-refractivity contribution in [2.75, 3.05) is 13.2 Å². The zero-order valence-electron chi connectivity index (χ0n) is 26.5. The average Bonchev–Trinajstić information content (AvgIpc) is 3.42. The molecule has 1 atom stereocenters. The Morgan fingerprint density at radius 1 is 0.980 bits per heavy atom. The van der Waals surface area contributed by atoms with E-state index in [1.165, 1.54) is 28.0 Å². The molecule has 0 amide bonds. The smallest absolute Gasteiger partial charge is 0.338 e. The molecule has 6 rings (SSSR count). The summed E-state index contributed by atoms with van der Waals surface area (Å²) >= 11 is 7.57. The highest BCUT2D eigenvalue weighted by Crippen LogP contribution is 2.36. The maximum Gasteiger partial charge on any atom is 0.338 e. The molecule has 0 fully saturated rings. The number of nitrogens with zero attached hydrogens (tertiary/aromatic N) is 3. The molecular formula is C37H30ClN3O7S. The summed E-state index contributed by atoms with van der Waals surface area (Å²) in [6.45, 7) is 4.38. The summed E-state index contributed by atoms with van der Waals surface area (Å²) in [6, 6.07) is 26.9. The van der Waals surface area contributed by atoms with E-state index in [4.69, 9.17) is 30.8 Å². The molecular weight excluding hydrogens is 666 g/mol. The lowest BCUT2D eigenvalue weighted by Gasteiger charge is -2.26. The van der Waals surface area contributed by atoms with E-state index in [1.807, 2.05) is 49.4 Å². The summed E-state index contributed by atoms with van der Waals surface area (Å²) in [7, 11) is 0. The Hall–Kier alpha value is -5.52. The number of hydrogen-bond donors (Lipinski definition) is 0. The first-order valence-corrected chi connectivity index (χ1v) is 16.6. The van der Waals surface area contributed by atoms with Crippen molar-refractivity contribution in [1.82, 2.24) is 4.57 Å². The van der Waals surface area contributed by atoms with Gasteiger partial charge >= 0.3 is 5.97 Å². The van der Waals surface area contributed by atoms with Crippen LogP contribution in [0.5, 0.6) is 11.5 Å². The van der Waals surface area contributed by atoms with Crippen LogP contribution in [0.3, 0.4) is 0 Å². The number of esters is 1. The van der Waals surface area contributed by atoms with Crippen LogP contribution in [0.2, 0.25) is 5.02 Å². The van der Waals surface area contributed by atoms with Crippen molar-refractivity contribution in [3.05, 3.63) is 160 Å². The Morgan fingerprint density at radius 3 is 2.39 bits per heavy atom. The number of aromatic nitrogens is 1. The van der Waals surface area contributed by atoms with Gasteiger partial charge in [0, 0.05) is 28.3 Å². The second kappa shape index (κ2) is 14.7. The molecule has 5 aromatic rings. The van der Waals surface area contributed by atoms with Crippen LogP contribution in [0.4, 0.5) is 5.69 Å². The van der Waals surface area contributed by atoms with E-state index in [9.17, 15) is 19.7 Å². The van der Waals surface area contributed by atoms with Crippen molar-refractivity contribution in [1.29, 1.82) is 0 Å². The van der Waals surface area contributed by atoms with Gasteiger partial charge in [0.1, 0.15) is 18.1 Å². The number of carbonyl (C=O) groups is 1. The minimum absolute atomic E-state index is 0.0172. The highest BCUT2D eigenvalue weighted by molar-refractivity contribution is 7.07. The van der Waals surface area contributed by atoms with E-state index in [-0.39, 0.29) is 30.0 Å². The number of non-ortho nitro benzene ring substituents is 1. The first-order valence-electron chi connectivity index (χ1n) is 15.4. The van der Waals surface area contributed by atoms with E-state index < -0.39 is 16.9 Å². The number of rotatable bonds is 11. The number of carbonyl (C=O) groups excluding carboxylic acids is 1. The summed E-state index contributed by atoms with van der Waals surface area (Å²) in [4.78, 5) is 44.0. The first kappa shape index (κ1) is 33.4. The van der Waals surface area contributed by atoms with Gasteiger partial charge in [-0.3, -0.25) is 19.5 Å². The van der Waals surface area contributed by atoms with Crippen LogP contribution < -0.4 is 24.4 Å². The second-order valence-corrected chi connectivity index (χ2v) is 12.3. The maximum atomic E-state index is 14.4. The van der Waals surface area contributed by atoms with Crippen LogP contribution in [0.15, 0.2) is 112 Å². The van der Waals surface area contributed by atoms with Crippen molar-refractivity contribution < 1.29 is 23.9 Å². The normalized spacial score (nSPS) is 14.2. The Bertz CT molecular complexity index is 2230. The summed E-state index contributed by atoms with van der Waals surface area (Å²) in [5, 5.41) is 11.5. The minimum Gasteiger partial charge on any atom is -0.494 e. The molecule has 0 saturated carbocycles. The quantitative estimate of drug-likeness (QED) is 0.0881. The number of nitro benzene ring substituents is 1. The van der Waals surface area contributed by atoms with Gasteiger partial charge in [0.2, 0.25) is 0 Å². The fraction of sp³-hybridized carbons (Fsp3) is 0.162. The van der Waals surface area contributed by atoms with Crippen molar-refractivity contribution in [3.63, 3.8) is 0 Å². The molecule has 0 aliphatic carbocycles. The molecule has 0 bridgehead atoms. The van der Waals surface area contributed by atoms with Crippen LogP contribution in [-0.2, 0) is 16.1 Å². The lowest BCUT2D eigenvalue weighted by molar-refractivity contribution is -0.384. The number of benzene rings is 4. The molecule has 0 N–H and O–H groups in total. The Kier molecular flexibility index (Phi) is 10.0. The van der Waals surface area contributed by atoms with Crippen LogP contribution in [0.25, 0.3) is 11.8 Å². The summed E-state index contributed by atoms with van der Waals surface area (Å²) in [6.07, 6.45) is 1.69. The van der Waals surface area contributed by atoms with Gasteiger partial charge in [0.15, 0.2) is 4.80 Å². The van der Waals surface area contributed by atoms with Gasteiger partial charge in [-0.05, 0) is 73.5 Å². The van der Waals surface area contributed by atoms with Gasteiger partial charge in [-0.2, -0.15) is 0 Å². The minimum atomic E-state index is -0.847. The predicted octanol–water partition coefficient (Wildman–Crippen LogP) is 6.47. The molecule has 248 valence electrons. The molecule has 0 unspecified atom stereocenters. The highest BCUT2D eigenvalue weighted by Gasteiger charge is 2.35. The standard InChI is InChI=1S/C37H30ClN3O7S/c1-3-46-29-17-12-25(13-18-29)34-32(36(43)47-4-2)33(24-8-6-5-7-9-24)39-37-40(34)35(42)31(49-37)21-26-20-27(38)14-19-30(26)48-22-23-10-15-28(16-11-23)41(44)45/h5-21,34H,3-4,22H2,1-2H3/b31-21-/t34-/m0/s1. The lowest BCUT2D eigenvalue weighted by atomic mass is 9.93. The lowest BCUT2D eigenvalue weighted by Crippen LogP contribution is -2.40. The Morgan fingerprint density at radius 2 is 1.71 bits per heavy atom. The average molecular weight is 696 g/mol. The van der Waals surface area contributed by atoms with Crippen molar-refractivity contribution in [2.24, 2.45) is 4.99 Å². The largest absolute Gasteiger partial charge is 0.494 e. The predicted molar refractivity (Wildman–Crippen MR) is 188 cm³/mol. The fourth-order valence-corrected chi connectivity index (χ4v) is 6.62. The monoisotopic (exact) mass is 695 g/mol. The molecule has 10 nitrogen and oxygen atoms in total. The molecule has 2 heterocycles. The number of ether oxygens (including phenoxy) is 3.